The van der Waals surface area contributed by atoms with Crippen LogP contribution in [-0.4, -0.2) is 51.7 Å². The van der Waals surface area contributed by atoms with Gasteiger partial charge in [0.05, 0.1) is 0 Å². The normalized spacial score (nSPS) is 27.0. The first kappa shape index (κ1) is 9.96. The Morgan fingerprint density at radius 2 is 2.42 bits per heavy atom. The molecule has 2 N–H and O–H groups in total. The van der Waals surface area contributed by atoms with E-state index in [1.54, 1.807) is 0 Å². The van der Waals surface area contributed by atoms with Crippen LogP contribution in [0.3, 0.4) is 0 Å². The molecule has 0 bridgehead atoms. The van der Waals surface area contributed by atoms with Crippen LogP contribution in [0.25, 0.3) is 0 Å². The molecule has 1 unspecified atom stereocenters. The molecular formula is C9H21N3. The average Bonchev–Trinajstić information content (AvgIpc) is 2.26. The third kappa shape index (κ3) is 3.52. The summed E-state index contributed by atoms with van der Waals surface area (Å²) in [4.78, 5) is 2.42. The third-order valence-corrected chi connectivity index (χ3v) is 2.48. The Morgan fingerprint density at radius 3 is 3.17 bits per heavy atom. The standard InChI is InChI=1S/C9H21N3/c1-10-4-3-9-7-11-5-6-12(2)8-9/h9-11H,3-8H2,1-2H3. The van der Waals surface area contributed by atoms with Crippen molar-refractivity contribution in [2.75, 3.05) is 46.8 Å². The first-order chi connectivity index (χ1) is 5.83. The molecule has 1 fully saturated rings. The predicted octanol–water partition coefficient (Wildman–Crippen LogP) is -0.253. The minimum atomic E-state index is 0.824. The van der Waals surface area contributed by atoms with E-state index in [4.69, 9.17) is 0 Å². The van der Waals surface area contributed by atoms with E-state index in [0.29, 0.717) is 0 Å². The second kappa shape index (κ2) is 5.51. The van der Waals surface area contributed by atoms with Gasteiger partial charge in [0.15, 0.2) is 0 Å². The van der Waals surface area contributed by atoms with Crippen molar-refractivity contribution in [3.63, 3.8) is 0 Å². The van der Waals surface area contributed by atoms with E-state index in [-0.39, 0.29) is 0 Å². The lowest BCUT2D eigenvalue weighted by Gasteiger charge is -2.18. The Morgan fingerprint density at radius 1 is 1.58 bits per heavy atom. The van der Waals surface area contributed by atoms with Gasteiger partial charge in [0.25, 0.3) is 0 Å². The third-order valence-electron chi connectivity index (χ3n) is 2.48. The van der Waals surface area contributed by atoms with Crippen LogP contribution in [0.5, 0.6) is 0 Å². The highest BCUT2D eigenvalue weighted by atomic mass is 15.1. The molecule has 1 aliphatic rings. The van der Waals surface area contributed by atoms with Crippen LogP contribution in [0.2, 0.25) is 0 Å². The van der Waals surface area contributed by atoms with Crippen LogP contribution >= 0.6 is 0 Å². The maximum atomic E-state index is 3.47. The van der Waals surface area contributed by atoms with E-state index in [9.17, 15) is 0 Å². The summed E-state index contributed by atoms with van der Waals surface area (Å²) in [7, 11) is 4.23. The summed E-state index contributed by atoms with van der Waals surface area (Å²) in [5.41, 5.74) is 0. The number of nitrogens with one attached hydrogen (secondary N) is 2. The van der Waals surface area contributed by atoms with Crippen LogP contribution in [0.1, 0.15) is 6.42 Å². The molecule has 0 amide bonds. The Balaban J connectivity index is 2.21. The van der Waals surface area contributed by atoms with Gasteiger partial charge in [-0.1, -0.05) is 0 Å². The van der Waals surface area contributed by atoms with Gasteiger partial charge in [0.2, 0.25) is 0 Å². The van der Waals surface area contributed by atoms with Crippen LogP contribution in [0.15, 0.2) is 0 Å². The number of nitrogens with zero attached hydrogens (tertiary/aromatic N) is 1. The summed E-state index contributed by atoms with van der Waals surface area (Å²) < 4.78 is 0. The zero-order chi connectivity index (χ0) is 8.81. The van der Waals surface area contributed by atoms with Gasteiger partial charge in [-0.25, -0.2) is 0 Å². The molecule has 1 aliphatic heterocycles. The molecule has 0 aromatic heterocycles. The van der Waals surface area contributed by atoms with Gasteiger partial charge < -0.3 is 15.5 Å². The molecule has 1 heterocycles. The van der Waals surface area contributed by atoms with Crippen molar-refractivity contribution in [2.45, 2.75) is 6.42 Å². The molecule has 0 radical (unpaired) electrons. The van der Waals surface area contributed by atoms with Crippen LogP contribution < -0.4 is 10.6 Å². The van der Waals surface area contributed by atoms with Crippen molar-refractivity contribution < 1.29 is 0 Å². The zero-order valence-electron chi connectivity index (χ0n) is 8.27. The summed E-state index contributed by atoms with van der Waals surface area (Å²) in [5.74, 6) is 0.824. The van der Waals surface area contributed by atoms with Gasteiger partial charge in [-0.15, -0.1) is 0 Å². The highest BCUT2D eigenvalue weighted by molar-refractivity contribution is 4.71. The lowest BCUT2D eigenvalue weighted by molar-refractivity contribution is 0.300. The minimum absolute atomic E-state index is 0.824. The second-order valence-electron chi connectivity index (χ2n) is 3.72. The zero-order valence-corrected chi connectivity index (χ0v) is 8.27. The molecule has 12 heavy (non-hydrogen) atoms. The summed E-state index contributed by atoms with van der Waals surface area (Å²) >= 11 is 0. The number of hydrogen-bond donors (Lipinski definition) is 2. The monoisotopic (exact) mass is 171 g/mol. The lowest BCUT2D eigenvalue weighted by atomic mass is 10.1. The number of hydrogen-bond acceptors (Lipinski definition) is 3. The molecule has 3 heteroatoms. The number of rotatable bonds is 3. The van der Waals surface area contributed by atoms with E-state index < -0.39 is 0 Å². The molecule has 72 valence electrons. The summed E-state index contributed by atoms with van der Waals surface area (Å²) in [6.45, 7) is 5.91. The quantitative estimate of drug-likeness (QED) is 0.613. The first-order valence-corrected chi connectivity index (χ1v) is 4.87. The van der Waals surface area contributed by atoms with Gasteiger partial charge in [-0.3, -0.25) is 0 Å². The lowest BCUT2D eigenvalue weighted by Crippen LogP contribution is -2.28. The maximum Gasteiger partial charge on any atom is 0.0104 e. The van der Waals surface area contributed by atoms with E-state index in [1.165, 1.54) is 26.1 Å². The van der Waals surface area contributed by atoms with Gasteiger partial charge in [0.1, 0.15) is 0 Å². The number of likely N-dealkylation sites (N-methyl/N-ethyl adjacent to an activating group) is 1. The van der Waals surface area contributed by atoms with Crippen molar-refractivity contribution in [2.24, 2.45) is 5.92 Å². The van der Waals surface area contributed by atoms with Crippen molar-refractivity contribution in [3.05, 3.63) is 0 Å². The van der Waals surface area contributed by atoms with Gasteiger partial charge >= 0.3 is 0 Å². The summed E-state index contributed by atoms with van der Waals surface area (Å²) in [6, 6.07) is 0. The van der Waals surface area contributed by atoms with Crippen LogP contribution in [-0.2, 0) is 0 Å². The van der Waals surface area contributed by atoms with Gasteiger partial charge in [-0.2, -0.15) is 0 Å². The Hall–Kier alpha value is -0.120. The van der Waals surface area contributed by atoms with Crippen LogP contribution in [0.4, 0.5) is 0 Å². The van der Waals surface area contributed by atoms with E-state index in [2.05, 4.69) is 22.6 Å². The molecule has 0 aromatic rings. The molecule has 0 saturated carbocycles. The van der Waals surface area contributed by atoms with E-state index >= 15 is 0 Å². The van der Waals surface area contributed by atoms with Crippen molar-refractivity contribution in [1.82, 2.24) is 15.5 Å². The topological polar surface area (TPSA) is 27.3 Å². The van der Waals surface area contributed by atoms with Crippen LogP contribution in [0, 0.1) is 5.92 Å². The molecule has 0 aliphatic carbocycles. The van der Waals surface area contributed by atoms with Gasteiger partial charge in [-0.05, 0) is 39.5 Å². The Labute approximate surface area is 75.5 Å². The predicted molar refractivity (Wildman–Crippen MR) is 52.4 cm³/mol. The second-order valence-corrected chi connectivity index (χ2v) is 3.72. The van der Waals surface area contributed by atoms with E-state index in [1.807, 2.05) is 7.05 Å². The molecule has 1 saturated heterocycles. The van der Waals surface area contributed by atoms with Crippen molar-refractivity contribution >= 4 is 0 Å². The highest BCUT2D eigenvalue weighted by Crippen LogP contribution is 2.05. The SMILES string of the molecule is CNCCC1CNCCN(C)C1. The first-order valence-electron chi connectivity index (χ1n) is 4.87. The smallest absolute Gasteiger partial charge is 0.0104 e. The summed E-state index contributed by atoms with van der Waals surface area (Å²) in [5, 5.41) is 6.67. The molecule has 3 nitrogen and oxygen atoms in total. The Bertz CT molecular complexity index is 116. The molecule has 1 rings (SSSR count). The average molecular weight is 171 g/mol. The molecule has 1 atom stereocenters. The largest absolute Gasteiger partial charge is 0.320 e. The fourth-order valence-electron chi connectivity index (χ4n) is 1.71. The Kier molecular flexibility index (Phi) is 4.58. The molecular weight excluding hydrogens is 150 g/mol. The fourth-order valence-corrected chi connectivity index (χ4v) is 1.71. The van der Waals surface area contributed by atoms with Gasteiger partial charge in [0, 0.05) is 19.6 Å². The maximum absolute atomic E-state index is 3.47. The van der Waals surface area contributed by atoms with E-state index in [0.717, 1.165) is 19.0 Å². The summed E-state index contributed by atoms with van der Waals surface area (Å²) in [6.07, 6.45) is 1.29. The van der Waals surface area contributed by atoms with Crippen molar-refractivity contribution in [1.29, 1.82) is 0 Å². The molecule has 0 aromatic carbocycles. The minimum Gasteiger partial charge on any atom is -0.320 e. The molecule has 0 spiro atoms. The highest BCUT2D eigenvalue weighted by Gasteiger charge is 2.13. The fraction of sp³-hybridized carbons (Fsp3) is 1.00. The van der Waals surface area contributed by atoms with Crippen molar-refractivity contribution in [3.8, 4) is 0 Å².